The van der Waals surface area contributed by atoms with Gasteiger partial charge in [0, 0.05) is 48.1 Å². The first kappa shape index (κ1) is 30.0. The van der Waals surface area contributed by atoms with E-state index in [-0.39, 0.29) is 38.9 Å². The molecule has 2 aliphatic rings. The van der Waals surface area contributed by atoms with Crippen molar-refractivity contribution in [1.82, 2.24) is 0 Å². The van der Waals surface area contributed by atoms with Gasteiger partial charge in [0.2, 0.25) is 11.4 Å². The second-order valence-corrected chi connectivity index (χ2v) is 20.4. The van der Waals surface area contributed by atoms with Gasteiger partial charge >= 0.3 is 0 Å². The fourth-order valence-corrected chi connectivity index (χ4v) is 10.6. The zero-order valence-electron chi connectivity index (χ0n) is 46.2. The van der Waals surface area contributed by atoms with Gasteiger partial charge in [0.15, 0.2) is 12.4 Å². The van der Waals surface area contributed by atoms with E-state index in [1.165, 1.54) is 0 Å². The highest BCUT2D eigenvalue weighted by molar-refractivity contribution is 5.63. The topological polar surface area (TPSA) is 7.76 Å². The summed E-state index contributed by atoms with van der Waals surface area (Å²) in [5, 5.41) is 0. The molecular weight excluding hydrogens is 653 g/mol. The lowest BCUT2D eigenvalue weighted by Crippen LogP contribution is -2.48. The molecule has 4 aromatic rings. The predicted molar refractivity (Wildman–Crippen MR) is 232 cm³/mol. The first-order valence-corrected chi connectivity index (χ1v) is 20.0. The number of rotatable bonds is 6. The normalized spacial score (nSPS) is 23.8. The Morgan fingerprint density at radius 1 is 0.611 bits per heavy atom. The molecule has 2 aromatic carbocycles. The van der Waals surface area contributed by atoms with Crippen molar-refractivity contribution in [2.75, 3.05) is 0 Å². The van der Waals surface area contributed by atoms with E-state index in [0.29, 0.717) is 16.7 Å². The molecule has 0 aliphatic heterocycles. The highest BCUT2D eigenvalue weighted by Gasteiger charge is 2.50. The zero-order valence-corrected chi connectivity index (χ0v) is 36.2. The monoisotopic (exact) mass is 739 g/mol. The van der Waals surface area contributed by atoms with Gasteiger partial charge in [-0.15, -0.1) is 0 Å². The van der Waals surface area contributed by atoms with Crippen LogP contribution in [0.5, 0.6) is 0 Å². The second-order valence-electron chi connectivity index (χ2n) is 20.4. The summed E-state index contributed by atoms with van der Waals surface area (Å²) in [6.45, 7) is 24.1. The van der Waals surface area contributed by atoms with Gasteiger partial charge in [-0.1, -0.05) is 105 Å². The molecule has 0 bridgehead atoms. The number of hydrogen-bond donors (Lipinski definition) is 0. The minimum Gasteiger partial charge on any atom is -0.201 e. The third-order valence-corrected chi connectivity index (χ3v) is 13.1. The Morgan fingerprint density at radius 2 is 1.11 bits per heavy atom. The molecule has 0 saturated heterocycles. The first-order chi connectivity index (χ1) is 28.7. The summed E-state index contributed by atoms with van der Waals surface area (Å²) in [4.78, 5) is 0. The number of benzene rings is 2. The van der Waals surface area contributed by atoms with Crippen molar-refractivity contribution >= 4 is 0 Å². The van der Waals surface area contributed by atoms with Crippen LogP contribution in [0.2, 0.25) is 0 Å². The molecule has 6 rings (SSSR count). The molecule has 2 nitrogen and oxygen atoms in total. The summed E-state index contributed by atoms with van der Waals surface area (Å²) in [6, 6.07) is 16.4. The standard InChI is InChI=1S/C27H40N.C25H36N/c1-19-10-12-22(20(2)14-19)23-13-11-21(16-28(23)9)15-24-26(5,6)17-25(3,4)18-27(24,7)8;1-17-9-10-22(19(3)11-17)23-12-18(2)21(16-26(23)8)13-20-14-24(4,5)25(6,7)15-20/h10-14,16,24H,15,17-18H2,1-9H3;9-12,16,20H,13-15H2,1-8H3/q2*+1/i1D3,15D2;1D3,13D2. The quantitative estimate of drug-likeness (QED) is 0.174. The van der Waals surface area contributed by atoms with Crippen LogP contribution in [0.1, 0.15) is 148 Å². The van der Waals surface area contributed by atoms with E-state index in [1.807, 2.05) is 86.7 Å². The Kier molecular flexibility index (Phi) is 8.32. The summed E-state index contributed by atoms with van der Waals surface area (Å²) in [5.41, 5.74) is 8.75. The molecular formula is C52H76N2+2. The fraction of sp³-hybridized carbons (Fsp3) is 0.577. The van der Waals surface area contributed by atoms with E-state index in [9.17, 15) is 2.74 Å². The van der Waals surface area contributed by atoms with Gasteiger partial charge in [0.25, 0.3) is 0 Å². The SMILES string of the molecule is [2H]C([2H])([2H])c1ccc(-c2cc(C)c(C([2H])([2H])C3CC(C)(C)C(C)(C)C3)c[n+]2C)c(C)c1.[2H]C([2H])([2H])c1ccc(-c2ccc(C([2H])([2H])C3C(C)(C)CC(C)(C)CC3(C)C)c[n+]2C)c(C)c1. The zero-order chi connectivity index (χ0) is 48.8. The number of hydrogen-bond acceptors (Lipinski definition) is 0. The largest absolute Gasteiger partial charge is 0.212 e. The van der Waals surface area contributed by atoms with Crippen molar-refractivity contribution in [3.8, 4) is 22.5 Å². The van der Waals surface area contributed by atoms with Crippen molar-refractivity contribution < 1.29 is 22.8 Å². The first-order valence-electron chi connectivity index (χ1n) is 25.0. The third-order valence-electron chi connectivity index (χ3n) is 13.1. The average molecular weight is 739 g/mol. The fourth-order valence-electron chi connectivity index (χ4n) is 10.6. The number of pyridine rings is 2. The molecule has 0 spiro atoms. The lowest BCUT2D eigenvalue weighted by molar-refractivity contribution is -0.661. The minimum absolute atomic E-state index is 0.0256. The van der Waals surface area contributed by atoms with Crippen LogP contribution in [-0.4, -0.2) is 0 Å². The van der Waals surface area contributed by atoms with Gasteiger partial charge in [-0.2, -0.15) is 0 Å². The summed E-state index contributed by atoms with van der Waals surface area (Å²) in [5.74, 6) is -0.154. The lowest BCUT2D eigenvalue weighted by atomic mass is 9.49. The molecule has 2 heterocycles. The van der Waals surface area contributed by atoms with Gasteiger partial charge in [-0.05, 0) is 147 Å². The van der Waals surface area contributed by atoms with Crippen LogP contribution in [0.3, 0.4) is 0 Å². The highest BCUT2D eigenvalue weighted by Crippen LogP contribution is 2.58. The van der Waals surface area contributed by atoms with Crippen LogP contribution in [0.25, 0.3) is 22.5 Å². The summed E-state index contributed by atoms with van der Waals surface area (Å²) in [7, 11) is 3.88. The van der Waals surface area contributed by atoms with Gasteiger partial charge in [0.1, 0.15) is 14.1 Å². The van der Waals surface area contributed by atoms with Crippen LogP contribution in [0.4, 0.5) is 0 Å². The minimum atomic E-state index is -2.13. The Morgan fingerprint density at radius 3 is 1.59 bits per heavy atom. The maximum atomic E-state index is 9.30. The van der Waals surface area contributed by atoms with Gasteiger partial charge in [-0.25, -0.2) is 9.13 Å². The molecule has 54 heavy (non-hydrogen) atoms. The van der Waals surface area contributed by atoms with Crippen LogP contribution >= 0.6 is 0 Å². The lowest BCUT2D eigenvalue weighted by Gasteiger charge is -2.55. The van der Waals surface area contributed by atoms with Crippen LogP contribution in [0.15, 0.2) is 67.0 Å². The Bertz CT molecular complexity index is 2340. The molecule has 2 aromatic heterocycles. The van der Waals surface area contributed by atoms with Crippen molar-refractivity contribution in [2.24, 2.45) is 53.0 Å². The van der Waals surface area contributed by atoms with Gasteiger partial charge in [-0.3, -0.25) is 0 Å². The Labute approximate surface area is 345 Å². The predicted octanol–water partition coefficient (Wildman–Crippen LogP) is 12.9. The molecule has 0 N–H and O–H groups in total. The van der Waals surface area contributed by atoms with E-state index >= 15 is 0 Å². The molecule has 2 saturated carbocycles. The summed E-state index contributed by atoms with van der Waals surface area (Å²) >= 11 is 0. The molecule has 0 amide bonds. The molecule has 2 aliphatic carbocycles. The maximum Gasteiger partial charge on any atom is 0.212 e. The molecule has 0 radical (unpaired) electrons. The Balaban J connectivity index is 0.000000241. The molecule has 0 atom stereocenters. The summed E-state index contributed by atoms with van der Waals surface area (Å²) < 4.78 is 86.6. The molecule has 2 fully saturated rings. The van der Waals surface area contributed by atoms with Crippen LogP contribution in [0, 0.1) is 73.4 Å². The van der Waals surface area contributed by atoms with E-state index < -0.39 is 26.4 Å². The van der Waals surface area contributed by atoms with Gasteiger partial charge in [0.05, 0.1) is 0 Å². The summed E-state index contributed by atoms with van der Waals surface area (Å²) in [6.07, 6.45) is 4.67. The van der Waals surface area contributed by atoms with E-state index in [4.69, 9.17) is 11.0 Å². The second kappa shape index (κ2) is 15.0. The van der Waals surface area contributed by atoms with E-state index in [2.05, 4.69) is 69.2 Å². The van der Waals surface area contributed by atoms with Crippen molar-refractivity contribution in [3.63, 3.8) is 0 Å². The number of nitrogens with zero attached hydrogens (tertiary/aromatic N) is 2. The third kappa shape index (κ3) is 9.06. The van der Waals surface area contributed by atoms with Gasteiger partial charge < -0.3 is 0 Å². The average Bonchev–Trinajstić information content (AvgIpc) is 3.33. The van der Waals surface area contributed by atoms with E-state index in [0.717, 1.165) is 70.5 Å². The van der Waals surface area contributed by atoms with Crippen molar-refractivity contribution in [2.45, 2.75) is 142 Å². The van der Waals surface area contributed by atoms with Crippen molar-refractivity contribution in [3.05, 3.63) is 106 Å². The molecule has 0 unspecified atom stereocenters. The van der Waals surface area contributed by atoms with Crippen LogP contribution < -0.4 is 9.13 Å². The number of aryl methyl sites for hydroxylation is 7. The highest BCUT2D eigenvalue weighted by atomic mass is 14.9. The molecule has 292 valence electrons. The smallest absolute Gasteiger partial charge is 0.201 e. The van der Waals surface area contributed by atoms with Crippen LogP contribution in [-0.2, 0) is 26.8 Å². The van der Waals surface area contributed by atoms with Crippen molar-refractivity contribution in [1.29, 1.82) is 0 Å². The molecule has 2 heteroatoms. The van der Waals surface area contributed by atoms with E-state index in [1.54, 1.807) is 24.3 Å². The maximum absolute atomic E-state index is 9.30. The number of aromatic nitrogens is 2. The Hall–Kier alpha value is -3.26.